The first kappa shape index (κ1) is 23.0. The van der Waals surface area contributed by atoms with Crippen LogP contribution in [-0.4, -0.2) is 15.7 Å². The van der Waals surface area contributed by atoms with Gasteiger partial charge in [-0.2, -0.15) is 31.8 Å². The van der Waals surface area contributed by atoms with Crippen molar-refractivity contribution < 1.29 is 40.7 Å². The second-order valence-electron chi connectivity index (χ2n) is 6.56. The number of alkyl halides is 6. The summed E-state index contributed by atoms with van der Waals surface area (Å²) in [5.74, 6) is -1.04. The van der Waals surface area contributed by atoms with Crippen LogP contribution in [-0.2, 0) is 26.0 Å². The number of nitrogens with zero attached hydrogens (tertiary/aromatic N) is 2. The fourth-order valence-electron chi connectivity index (χ4n) is 2.59. The molecule has 0 saturated heterocycles. The molecule has 0 bridgehead atoms. The number of nitrogens with one attached hydrogen (secondary N) is 1. The number of amides is 1. The summed E-state index contributed by atoms with van der Waals surface area (Å²) < 4.78 is 82.9. The molecule has 6 nitrogen and oxygen atoms in total. The number of ether oxygens (including phenoxy) is 1. The zero-order valence-corrected chi connectivity index (χ0v) is 16.3. The van der Waals surface area contributed by atoms with Crippen molar-refractivity contribution in [1.29, 1.82) is 0 Å². The zero-order valence-electron chi connectivity index (χ0n) is 16.3. The number of carbonyl (C=O) groups is 1. The van der Waals surface area contributed by atoms with Gasteiger partial charge in [0.05, 0.1) is 11.1 Å². The van der Waals surface area contributed by atoms with E-state index < -0.39 is 29.4 Å². The highest BCUT2D eigenvalue weighted by molar-refractivity contribution is 5.95. The standard InChI is InChI=1S/C20H15F6N3O3/c1-29-10-16(17(30)28-32-15-7-5-13(6-8-15)19(21,22)23)18(27-29)31-11-12-3-2-4-14(9-12)20(24,25)26/h2-10H,11H2,1H3,(H,28,30). The van der Waals surface area contributed by atoms with E-state index in [1.165, 1.54) is 30.1 Å². The second kappa shape index (κ2) is 8.81. The van der Waals surface area contributed by atoms with E-state index in [2.05, 4.69) is 10.6 Å². The monoisotopic (exact) mass is 459 g/mol. The third kappa shape index (κ3) is 5.71. The number of aromatic nitrogens is 2. The van der Waals surface area contributed by atoms with E-state index in [0.717, 1.165) is 36.4 Å². The van der Waals surface area contributed by atoms with Gasteiger partial charge >= 0.3 is 12.4 Å². The van der Waals surface area contributed by atoms with Crippen LogP contribution in [0.15, 0.2) is 54.7 Å². The van der Waals surface area contributed by atoms with E-state index in [9.17, 15) is 31.1 Å². The van der Waals surface area contributed by atoms with Crippen molar-refractivity contribution in [2.24, 2.45) is 7.05 Å². The van der Waals surface area contributed by atoms with Crippen LogP contribution in [0.3, 0.4) is 0 Å². The molecular formula is C20H15F6N3O3. The predicted octanol–water partition coefficient (Wildman–Crippen LogP) is 4.76. The Bertz CT molecular complexity index is 1090. The summed E-state index contributed by atoms with van der Waals surface area (Å²) in [6.45, 7) is -0.291. The van der Waals surface area contributed by atoms with Gasteiger partial charge in [0.1, 0.15) is 12.2 Å². The maximum atomic E-state index is 12.8. The molecule has 0 atom stereocenters. The zero-order chi connectivity index (χ0) is 23.5. The Morgan fingerprint density at radius 3 is 2.28 bits per heavy atom. The summed E-state index contributed by atoms with van der Waals surface area (Å²) in [5, 5.41) is 3.94. The van der Waals surface area contributed by atoms with E-state index in [0.29, 0.717) is 0 Å². The Morgan fingerprint density at radius 1 is 1.00 bits per heavy atom. The van der Waals surface area contributed by atoms with Crippen molar-refractivity contribution in [3.8, 4) is 11.6 Å². The maximum absolute atomic E-state index is 12.8. The molecule has 0 fully saturated rings. The first-order chi connectivity index (χ1) is 14.9. The van der Waals surface area contributed by atoms with E-state index in [-0.39, 0.29) is 29.4 Å². The molecule has 170 valence electrons. The maximum Gasteiger partial charge on any atom is 0.416 e. The van der Waals surface area contributed by atoms with Crippen LogP contribution in [0.2, 0.25) is 0 Å². The minimum atomic E-state index is -4.51. The molecule has 3 rings (SSSR count). The second-order valence-corrected chi connectivity index (χ2v) is 6.56. The Morgan fingerprint density at radius 2 is 1.66 bits per heavy atom. The minimum Gasteiger partial charge on any atom is -0.471 e. The van der Waals surface area contributed by atoms with Gasteiger partial charge in [0.2, 0.25) is 5.88 Å². The molecule has 12 heteroatoms. The Labute approximate surface area is 177 Å². The fourth-order valence-corrected chi connectivity index (χ4v) is 2.59. The third-order valence-electron chi connectivity index (χ3n) is 4.11. The quantitative estimate of drug-likeness (QED) is 0.427. The van der Waals surface area contributed by atoms with Crippen molar-refractivity contribution in [3.05, 3.63) is 77.0 Å². The fraction of sp³-hybridized carbons (Fsp3) is 0.200. The first-order valence-corrected chi connectivity index (χ1v) is 8.90. The van der Waals surface area contributed by atoms with Gasteiger partial charge in [-0.3, -0.25) is 9.48 Å². The van der Waals surface area contributed by atoms with E-state index >= 15 is 0 Å². The number of halogens is 6. The summed E-state index contributed by atoms with van der Waals surface area (Å²) in [5.41, 5.74) is 0.441. The molecule has 1 aromatic heterocycles. The van der Waals surface area contributed by atoms with Gasteiger partial charge in [0.15, 0.2) is 5.75 Å². The van der Waals surface area contributed by atoms with Crippen molar-refractivity contribution in [1.82, 2.24) is 15.3 Å². The normalized spacial score (nSPS) is 11.8. The molecule has 1 N–H and O–H groups in total. The summed E-state index contributed by atoms with van der Waals surface area (Å²) in [7, 11) is 1.49. The van der Waals surface area contributed by atoms with Gasteiger partial charge in [-0.05, 0) is 42.0 Å². The highest BCUT2D eigenvalue weighted by Gasteiger charge is 2.31. The molecule has 0 aliphatic rings. The first-order valence-electron chi connectivity index (χ1n) is 8.90. The smallest absolute Gasteiger partial charge is 0.416 e. The van der Waals surface area contributed by atoms with Crippen molar-refractivity contribution >= 4 is 5.91 Å². The Hall–Kier alpha value is -3.70. The van der Waals surface area contributed by atoms with E-state index in [1.54, 1.807) is 0 Å². The topological polar surface area (TPSA) is 65.4 Å². The van der Waals surface area contributed by atoms with E-state index in [1.807, 2.05) is 0 Å². The Kier molecular flexibility index (Phi) is 6.32. The molecule has 0 aliphatic carbocycles. The number of hydrogen-bond donors (Lipinski definition) is 1. The lowest BCUT2D eigenvalue weighted by molar-refractivity contribution is -0.138. The molecule has 32 heavy (non-hydrogen) atoms. The van der Waals surface area contributed by atoms with Crippen molar-refractivity contribution in [2.45, 2.75) is 19.0 Å². The van der Waals surface area contributed by atoms with Gasteiger partial charge in [-0.1, -0.05) is 12.1 Å². The van der Waals surface area contributed by atoms with E-state index in [4.69, 9.17) is 9.57 Å². The van der Waals surface area contributed by atoms with Crippen LogP contribution in [0, 0.1) is 0 Å². The molecule has 1 heterocycles. The average Bonchev–Trinajstić information content (AvgIpc) is 3.10. The van der Waals surface area contributed by atoms with Crippen LogP contribution in [0.4, 0.5) is 26.3 Å². The number of carbonyl (C=O) groups excluding carboxylic acids is 1. The molecule has 0 spiro atoms. The van der Waals surface area contributed by atoms with Gasteiger partial charge in [0, 0.05) is 13.2 Å². The summed E-state index contributed by atoms with van der Waals surface area (Å²) in [6.07, 6.45) is -7.74. The predicted molar refractivity (Wildman–Crippen MR) is 98.5 cm³/mol. The lowest BCUT2D eigenvalue weighted by Gasteiger charge is -2.10. The largest absolute Gasteiger partial charge is 0.471 e. The van der Waals surface area contributed by atoms with Gasteiger partial charge < -0.3 is 9.57 Å². The van der Waals surface area contributed by atoms with Crippen LogP contribution in [0.25, 0.3) is 0 Å². The minimum absolute atomic E-state index is 0.0540. The number of hydrogen-bond acceptors (Lipinski definition) is 4. The van der Waals surface area contributed by atoms with Crippen LogP contribution < -0.4 is 15.1 Å². The van der Waals surface area contributed by atoms with Crippen LogP contribution in [0.5, 0.6) is 11.6 Å². The number of hydroxylamine groups is 1. The number of aryl methyl sites for hydroxylation is 1. The van der Waals surface area contributed by atoms with Gasteiger partial charge in [-0.15, -0.1) is 5.10 Å². The number of rotatable bonds is 6. The molecule has 1 amide bonds. The molecule has 0 radical (unpaired) electrons. The molecule has 2 aromatic carbocycles. The van der Waals surface area contributed by atoms with Crippen LogP contribution in [0.1, 0.15) is 27.0 Å². The third-order valence-corrected chi connectivity index (χ3v) is 4.11. The summed E-state index contributed by atoms with van der Waals surface area (Å²) in [6, 6.07) is 8.11. The van der Waals surface area contributed by atoms with Crippen molar-refractivity contribution in [3.63, 3.8) is 0 Å². The molecule has 0 saturated carbocycles. The lowest BCUT2D eigenvalue weighted by Crippen LogP contribution is -2.27. The molecular weight excluding hydrogens is 444 g/mol. The van der Waals surface area contributed by atoms with Gasteiger partial charge in [-0.25, -0.2) is 0 Å². The Balaban J connectivity index is 1.65. The molecule has 3 aromatic rings. The molecule has 0 unspecified atom stereocenters. The van der Waals surface area contributed by atoms with Gasteiger partial charge in [0.25, 0.3) is 5.91 Å². The summed E-state index contributed by atoms with van der Waals surface area (Å²) >= 11 is 0. The molecule has 0 aliphatic heterocycles. The highest BCUT2D eigenvalue weighted by atomic mass is 19.4. The lowest BCUT2D eigenvalue weighted by atomic mass is 10.1. The number of benzene rings is 2. The average molecular weight is 459 g/mol. The SMILES string of the molecule is Cn1cc(C(=O)NOc2ccc(C(F)(F)F)cc2)c(OCc2cccc(C(F)(F)F)c2)n1. The van der Waals surface area contributed by atoms with Crippen LogP contribution >= 0.6 is 0 Å². The summed E-state index contributed by atoms with van der Waals surface area (Å²) in [4.78, 5) is 17.4. The van der Waals surface area contributed by atoms with Crippen molar-refractivity contribution in [2.75, 3.05) is 0 Å². The highest BCUT2D eigenvalue weighted by Crippen LogP contribution is 2.31.